The number of hydrogen-bond donors (Lipinski definition) is 3. The van der Waals surface area contributed by atoms with Crippen molar-refractivity contribution >= 4 is 21.5 Å². The summed E-state index contributed by atoms with van der Waals surface area (Å²) >= 11 is 0. The molecule has 2 aromatic rings. The number of aliphatic hydroxyl groups excluding tert-OH is 2. The number of rotatable bonds is 8. The minimum Gasteiger partial charge on any atom is -0.508 e. The second-order valence-corrected chi connectivity index (χ2v) is 9.61. The van der Waals surface area contributed by atoms with Crippen molar-refractivity contribution < 1.29 is 23.7 Å². The van der Waals surface area contributed by atoms with Crippen molar-refractivity contribution in [3.8, 4) is 5.75 Å². The summed E-state index contributed by atoms with van der Waals surface area (Å²) in [6, 6.07) is 12.4. The first-order valence-corrected chi connectivity index (χ1v) is 11.7. The Kier molecular flexibility index (Phi) is 7.07. The molecule has 0 fully saturated rings. The van der Waals surface area contributed by atoms with E-state index in [1.165, 1.54) is 0 Å². The third kappa shape index (κ3) is 4.98. The molecule has 1 aliphatic rings. The maximum atomic E-state index is 12.4. The predicted molar refractivity (Wildman–Crippen MR) is 117 cm³/mol. The molecule has 6 nitrogen and oxygen atoms in total. The Bertz CT molecular complexity index is 1040. The van der Waals surface area contributed by atoms with E-state index in [2.05, 4.69) is 4.98 Å². The third-order valence-electron chi connectivity index (χ3n) is 5.41. The van der Waals surface area contributed by atoms with Crippen LogP contribution in [0.15, 0.2) is 59.8 Å². The molecule has 1 aromatic heterocycles. The van der Waals surface area contributed by atoms with E-state index in [4.69, 9.17) is 0 Å². The summed E-state index contributed by atoms with van der Waals surface area (Å²) in [6.07, 6.45) is 3.89. The Balaban J connectivity index is 1.87. The van der Waals surface area contributed by atoms with Gasteiger partial charge in [0.2, 0.25) is 0 Å². The number of pyridine rings is 1. The zero-order valence-corrected chi connectivity index (χ0v) is 17.7. The summed E-state index contributed by atoms with van der Waals surface area (Å²) in [4.78, 5) is 4.40. The molecule has 0 radical (unpaired) electrons. The van der Waals surface area contributed by atoms with Gasteiger partial charge < -0.3 is 15.3 Å². The molecule has 0 saturated carbocycles. The zero-order valence-electron chi connectivity index (χ0n) is 16.9. The number of benzene rings is 1. The van der Waals surface area contributed by atoms with Gasteiger partial charge in [-0.3, -0.25) is 4.98 Å². The topological polar surface area (TPSA) is 108 Å². The summed E-state index contributed by atoms with van der Waals surface area (Å²) in [5.41, 5.74) is 3.54. The van der Waals surface area contributed by atoms with E-state index in [0.717, 1.165) is 16.8 Å². The number of phenolic OH excluding ortho intramolecular Hbond substituents is 1. The molecule has 3 rings (SSSR count). The van der Waals surface area contributed by atoms with Gasteiger partial charge in [-0.2, -0.15) is 0 Å². The van der Waals surface area contributed by atoms with Gasteiger partial charge in [0.25, 0.3) is 0 Å². The van der Waals surface area contributed by atoms with Crippen molar-refractivity contribution in [2.45, 2.75) is 37.5 Å². The monoisotopic (exact) mass is 429 g/mol. The lowest BCUT2D eigenvalue weighted by Crippen LogP contribution is -2.29. The molecule has 1 aromatic carbocycles. The van der Waals surface area contributed by atoms with Crippen LogP contribution in [0.25, 0.3) is 11.6 Å². The first kappa shape index (κ1) is 22.2. The van der Waals surface area contributed by atoms with Gasteiger partial charge in [-0.15, -0.1) is 0 Å². The molecular formula is C23H27NO5S. The Morgan fingerprint density at radius 2 is 2.07 bits per heavy atom. The highest BCUT2D eigenvalue weighted by atomic mass is 32.2. The van der Waals surface area contributed by atoms with Crippen LogP contribution in [-0.2, 0) is 9.84 Å². The molecule has 0 unspecified atom stereocenters. The fraction of sp³-hybridized carbons (Fsp3) is 0.348. The van der Waals surface area contributed by atoms with Crippen LogP contribution in [0.4, 0.5) is 0 Å². The average molecular weight is 430 g/mol. The number of hydrogen-bond acceptors (Lipinski definition) is 6. The molecule has 3 N–H and O–H groups in total. The van der Waals surface area contributed by atoms with E-state index < -0.39 is 27.8 Å². The van der Waals surface area contributed by atoms with Crippen LogP contribution in [0.3, 0.4) is 0 Å². The van der Waals surface area contributed by atoms with Crippen LogP contribution in [-0.4, -0.2) is 52.4 Å². The van der Waals surface area contributed by atoms with Gasteiger partial charge in [-0.1, -0.05) is 30.7 Å². The lowest BCUT2D eigenvalue weighted by atomic mass is 9.93. The highest BCUT2D eigenvalue weighted by Crippen LogP contribution is 2.34. The number of allylic oxidation sites excluding steroid dienone is 1. The molecule has 2 heterocycles. The number of phenols is 1. The Morgan fingerprint density at radius 3 is 2.70 bits per heavy atom. The summed E-state index contributed by atoms with van der Waals surface area (Å²) in [6.45, 7) is 1.34. The van der Waals surface area contributed by atoms with E-state index in [1.807, 2.05) is 37.3 Å². The average Bonchev–Trinajstić information content (AvgIpc) is 3.01. The van der Waals surface area contributed by atoms with Crippen molar-refractivity contribution in [3.63, 3.8) is 0 Å². The van der Waals surface area contributed by atoms with Crippen LogP contribution in [0.5, 0.6) is 5.75 Å². The molecule has 2 atom stereocenters. The third-order valence-corrected chi connectivity index (χ3v) is 7.43. The normalized spacial score (nSPS) is 19.8. The van der Waals surface area contributed by atoms with Gasteiger partial charge in [-0.05, 0) is 66.3 Å². The number of aliphatic hydroxyl groups is 2. The van der Waals surface area contributed by atoms with Crippen LogP contribution in [0.2, 0.25) is 0 Å². The molecule has 0 saturated heterocycles. The summed E-state index contributed by atoms with van der Waals surface area (Å²) in [5.74, 6) is 0.0525. The highest BCUT2D eigenvalue weighted by molar-refractivity contribution is 7.92. The maximum Gasteiger partial charge on any atom is 0.163 e. The lowest BCUT2D eigenvalue weighted by Gasteiger charge is -2.19. The Morgan fingerprint density at radius 1 is 1.27 bits per heavy atom. The first-order chi connectivity index (χ1) is 14.4. The SMILES string of the molecule is CCC1=C([C@H](O)CC/C(=C/c2cccc(O)c2)c2ccccn2)[C@H](CO)S(=O)(=O)C1. The van der Waals surface area contributed by atoms with Gasteiger partial charge in [0.1, 0.15) is 11.0 Å². The van der Waals surface area contributed by atoms with Crippen LogP contribution in [0.1, 0.15) is 37.4 Å². The van der Waals surface area contributed by atoms with Gasteiger partial charge in [0.05, 0.1) is 24.2 Å². The van der Waals surface area contributed by atoms with E-state index in [-0.39, 0.29) is 11.5 Å². The first-order valence-electron chi connectivity index (χ1n) is 9.99. The second-order valence-electron chi connectivity index (χ2n) is 7.42. The molecule has 160 valence electrons. The summed E-state index contributed by atoms with van der Waals surface area (Å²) in [5, 5.41) is 29.2. The number of aromatic hydroxyl groups is 1. The van der Waals surface area contributed by atoms with Crippen LogP contribution in [0, 0.1) is 0 Å². The second kappa shape index (κ2) is 9.55. The lowest BCUT2D eigenvalue weighted by molar-refractivity contribution is 0.190. The van der Waals surface area contributed by atoms with Crippen molar-refractivity contribution in [3.05, 3.63) is 71.1 Å². The summed E-state index contributed by atoms with van der Waals surface area (Å²) < 4.78 is 24.7. The van der Waals surface area contributed by atoms with Crippen molar-refractivity contribution in [1.82, 2.24) is 4.98 Å². The minimum atomic E-state index is -3.48. The standard InChI is InChI=1S/C23H27NO5S/c1-2-17-15-30(28,29)22(14-25)23(17)21(27)10-9-18(20-8-3-4-11-24-20)12-16-6-5-7-19(26)13-16/h3-8,11-13,21-22,25-27H,2,9-10,14-15H2,1H3/b18-12-/t21-,22+/m1/s1. The fourth-order valence-corrected chi connectivity index (χ4v) is 5.90. The van der Waals surface area contributed by atoms with E-state index >= 15 is 0 Å². The largest absolute Gasteiger partial charge is 0.508 e. The van der Waals surface area contributed by atoms with Gasteiger partial charge >= 0.3 is 0 Å². The van der Waals surface area contributed by atoms with Crippen molar-refractivity contribution in [1.29, 1.82) is 0 Å². The molecule has 0 aliphatic carbocycles. The highest BCUT2D eigenvalue weighted by Gasteiger charge is 2.40. The Hall–Kier alpha value is -2.48. The number of nitrogens with zero attached hydrogens (tertiary/aromatic N) is 1. The molecule has 1 aliphatic heterocycles. The Labute approximate surface area is 177 Å². The van der Waals surface area contributed by atoms with Crippen molar-refractivity contribution in [2.24, 2.45) is 0 Å². The quantitative estimate of drug-likeness (QED) is 0.557. The van der Waals surface area contributed by atoms with E-state index in [0.29, 0.717) is 30.4 Å². The molecule has 0 bridgehead atoms. The molecule has 30 heavy (non-hydrogen) atoms. The molecule has 0 spiro atoms. The smallest absolute Gasteiger partial charge is 0.163 e. The van der Waals surface area contributed by atoms with Gasteiger partial charge in [0.15, 0.2) is 9.84 Å². The molecule has 0 amide bonds. The predicted octanol–water partition coefficient (Wildman–Crippen LogP) is 2.96. The van der Waals surface area contributed by atoms with Gasteiger partial charge in [-0.25, -0.2) is 8.42 Å². The summed E-state index contributed by atoms with van der Waals surface area (Å²) in [7, 11) is -3.48. The fourth-order valence-electron chi connectivity index (χ4n) is 3.91. The van der Waals surface area contributed by atoms with Crippen molar-refractivity contribution in [2.75, 3.05) is 12.4 Å². The van der Waals surface area contributed by atoms with Crippen LogP contribution >= 0.6 is 0 Å². The zero-order chi connectivity index (χ0) is 21.7. The van der Waals surface area contributed by atoms with Crippen LogP contribution < -0.4 is 0 Å². The van der Waals surface area contributed by atoms with E-state index in [9.17, 15) is 23.7 Å². The maximum absolute atomic E-state index is 12.4. The number of aromatic nitrogens is 1. The number of sulfone groups is 1. The minimum absolute atomic E-state index is 0.104. The molecule has 7 heteroatoms. The van der Waals surface area contributed by atoms with Gasteiger partial charge in [0, 0.05) is 6.20 Å². The van der Waals surface area contributed by atoms with E-state index in [1.54, 1.807) is 24.4 Å². The molecular weight excluding hydrogens is 402 g/mol.